The van der Waals surface area contributed by atoms with Crippen LogP contribution >= 0.6 is 0 Å². The Morgan fingerprint density at radius 3 is 1.03 bits per heavy atom. The Morgan fingerprint density at radius 1 is 0.514 bits per heavy atom. The van der Waals surface area contributed by atoms with Gasteiger partial charge in [-0.15, -0.1) is 0 Å². The van der Waals surface area contributed by atoms with E-state index in [9.17, 15) is 19.2 Å². The van der Waals surface area contributed by atoms with Crippen molar-refractivity contribution in [1.82, 2.24) is 0 Å². The minimum Gasteiger partial charge on any atom is -0.460 e. The Labute approximate surface area is 206 Å². The van der Waals surface area contributed by atoms with Crippen LogP contribution in [0, 0.1) is 0 Å². The summed E-state index contributed by atoms with van der Waals surface area (Å²) < 4.78 is 34.3. The summed E-state index contributed by atoms with van der Waals surface area (Å²) >= 11 is 0. The number of esters is 4. The lowest BCUT2D eigenvalue weighted by molar-refractivity contribution is -0.142. The quantitative estimate of drug-likeness (QED) is 0.111. The van der Waals surface area contributed by atoms with Crippen molar-refractivity contribution in [2.24, 2.45) is 0 Å². The van der Waals surface area contributed by atoms with Gasteiger partial charge < -0.3 is 33.2 Å². The van der Waals surface area contributed by atoms with Crippen LogP contribution in [0.15, 0.2) is 49.6 Å². The molecule has 0 amide bonds. The van der Waals surface area contributed by atoms with Gasteiger partial charge in [0.25, 0.3) is 0 Å². The maximum absolute atomic E-state index is 11.0. The molecular weight excluding hydrogens is 464 g/mol. The van der Waals surface area contributed by atoms with E-state index in [1.807, 2.05) is 0 Å². The van der Waals surface area contributed by atoms with Crippen LogP contribution in [-0.2, 0) is 52.3 Å². The molecule has 0 bridgehead atoms. The van der Waals surface area contributed by atoms with E-state index in [-0.39, 0.29) is 39.6 Å². The van der Waals surface area contributed by atoms with Gasteiger partial charge >= 0.3 is 23.9 Å². The zero-order valence-corrected chi connectivity index (χ0v) is 20.5. The summed E-state index contributed by atoms with van der Waals surface area (Å²) in [6.07, 6.45) is 2.15. The van der Waals surface area contributed by atoms with Crippen molar-refractivity contribution in [2.75, 3.05) is 66.1 Å². The molecule has 0 N–H and O–H groups in total. The molecule has 0 aliphatic heterocycles. The summed E-state index contributed by atoms with van der Waals surface area (Å²) in [7, 11) is 0. The molecule has 11 nitrogen and oxygen atoms in total. The van der Waals surface area contributed by atoms with Gasteiger partial charge in [0.05, 0.1) is 39.6 Å². The van der Waals surface area contributed by atoms with E-state index in [0.717, 1.165) is 12.2 Å². The van der Waals surface area contributed by atoms with E-state index < -0.39 is 23.9 Å². The summed E-state index contributed by atoms with van der Waals surface area (Å²) in [4.78, 5) is 43.1. The van der Waals surface area contributed by atoms with Gasteiger partial charge in [-0.25, -0.2) is 19.2 Å². The number of ether oxygens (including phenoxy) is 7. The Kier molecular flexibility index (Phi) is 23.1. The fourth-order valence-corrected chi connectivity index (χ4v) is 1.58. The highest BCUT2D eigenvalue weighted by atomic mass is 16.6. The van der Waals surface area contributed by atoms with Crippen molar-refractivity contribution in [3.05, 3.63) is 49.6 Å². The van der Waals surface area contributed by atoms with Crippen LogP contribution in [0.2, 0.25) is 0 Å². The second-order valence-electron chi connectivity index (χ2n) is 6.41. The third-order valence-electron chi connectivity index (χ3n) is 3.27. The number of carbonyl (C=O) groups excluding carboxylic acids is 4. The third-order valence-corrected chi connectivity index (χ3v) is 3.27. The van der Waals surface area contributed by atoms with Gasteiger partial charge in [-0.3, -0.25) is 0 Å². The number of hydrogen-bond donors (Lipinski definition) is 0. The first-order valence-electron chi connectivity index (χ1n) is 10.6. The van der Waals surface area contributed by atoms with Gasteiger partial charge in [-0.05, 0) is 13.8 Å². The summed E-state index contributed by atoms with van der Waals surface area (Å²) in [5.74, 6) is -1.83. The first kappa shape index (κ1) is 33.9. The van der Waals surface area contributed by atoms with Gasteiger partial charge in [0.2, 0.25) is 0 Å². The zero-order chi connectivity index (χ0) is 26.9. The first-order chi connectivity index (χ1) is 16.6. The Morgan fingerprint density at radius 2 is 0.771 bits per heavy atom. The molecule has 35 heavy (non-hydrogen) atoms. The Balaban J connectivity index is 0. The maximum atomic E-state index is 11.0. The zero-order valence-electron chi connectivity index (χ0n) is 20.5. The minimum absolute atomic E-state index is 0.153. The second kappa shape index (κ2) is 23.9. The largest absolute Gasteiger partial charge is 0.460 e. The molecule has 0 radical (unpaired) electrons. The molecule has 0 saturated heterocycles. The summed E-state index contributed by atoms with van der Waals surface area (Å²) in [6, 6.07) is 0. The van der Waals surface area contributed by atoms with Crippen LogP contribution < -0.4 is 0 Å². The average Bonchev–Trinajstić information content (AvgIpc) is 2.83. The van der Waals surface area contributed by atoms with Crippen molar-refractivity contribution in [2.45, 2.75) is 13.8 Å². The predicted octanol–water partition coefficient (Wildman–Crippen LogP) is 1.72. The van der Waals surface area contributed by atoms with Crippen LogP contribution in [0.1, 0.15) is 13.8 Å². The highest BCUT2D eigenvalue weighted by Crippen LogP contribution is 1.93. The Hall–Kier alpha value is -3.28. The van der Waals surface area contributed by atoms with Crippen LogP contribution in [0.25, 0.3) is 0 Å². The highest BCUT2D eigenvalue weighted by Gasteiger charge is 2.03. The normalized spacial score (nSPS) is 9.54. The molecule has 0 aromatic carbocycles. The lowest BCUT2D eigenvalue weighted by Gasteiger charge is -2.07. The van der Waals surface area contributed by atoms with Gasteiger partial charge in [0.1, 0.15) is 26.4 Å². The molecule has 198 valence electrons. The van der Waals surface area contributed by atoms with Crippen LogP contribution in [-0.4, -0.2) is 89.9 Å². The molecule has 0 heterocycles. The van der Waals surface area contributed by atoms with Crippen LogP contribution in [0.3, 0.4) is 0 Å². The molecule has 0 atom stereocenters. The van der Waals surface area contributed by atoms with Crippen molar-refractivity contribution in [1.29, 1.82) is 0 Å². The van der Waals surface area contributed by atoms with E-state index in [0.29, 0.717) is 37.6 Å². The monoisotopic (exact) mass is 500 g/mol. The summed E-state index contributed by atoms with van der Waals surface area (Å²) in [6.45, 7) is 19.1. The lowest BCUT2D eigenvalue weighted by Crippen LogP contribution is -2.15. The molecule has 0 rings (SSSR count). The molecule has 0 aliphatic rings. The highest BCUT2D eigenvalue weighted by molar-refractivity contribution is 5.87. The predicted molar refractivity (Wildman–Crippen MR) is 126 cm³/mol. The van der Waals surface area contributed by atoms with Gasteiger partial charge in [-0.2, -0.15) is 0 Å². The Bertz CT molecular complexity index is 640. The smallest absolute Gasteiger partial charge is 0.333 e. The summed E-state index contributed by atoms with van der Waals surface area (Å²) in [5, 5.41) is 0. The van der Waals surface area contributed by atoms with E-state index in [4.69, 9.17) is 23.7 Å². The molecular formula is C24H36O11. The van der Waals surface area contributed by atoms with Crippen molar-refractivity contribution >= 4 is 23.9 Å². The van der Waals surface area contributed by atoms with Gasteiger partial charge in [0.15, 0.2) is 0 Å². The van der Waals surface area contributed by atoms with Crippen molar-refractivity contribution in [3.63, 3.8) is 0 Å². The van der Waals surface area contributed by atoms with Crippen LogP contribution in [0.5, 0.6) is 0 Å². The molecule has 0 aromatic heterocycles. The number of hydrogen-bond acceptors (Lipinski definition) is 11. The van der Waals surface area contributed by atoms with E-state index >= 15 is 0 Å². The third kappa shape index (κ3) is 25.2. The van der Waals surface area contributed by atoms with Crippen LogP contribution in [0.4, 0.5) is 0 Å². The topological polar surface area (TPSA) is 133 Å². The molecule has 0 unspecified atom stereocenters. The van der Waals surface area contributed by atoms with E-state index in [1.165, 1.54) is 0 Å². The SMILES string of the molecule is C=C(C)C(=O)OCCOCCOCCOC(=O)C(=C)C.C=CC(=O)OCCOCCOC(=O)C=C. The molecule has 0 spiro atoms. The molecule has 0 aromatic rings. The van der Waals surface area contributed by atoms with Gasteiger partial charge in [-0.1, -0.05) is 26.3 Å². The van der Waals surface area contributed by atoms with Crippen molar-refractivity contribution in [3.8, 4) is 0 Å². The van der Waals surface area contributed by atoms with E-state index in [2.05, 4.69) is 35.8 Å². The van der Waals surface area contributed by atoms with Crippen molar-refractivity contribution < 1.29 is 52.3 Å². The maximum Gasteiger partial charge on any atom is 0.333 e. The molecule has 0 saturated carbocycles. The first-order valence-corrected chi connectivity index (χ1v) is 10.6. The molecule has 0 aliphatic carbocycles. The minimum atomic E-state index is -0.489. The molecule has 11 heteroatoms. The summed E-state index contributed by atoms with van der Waals surface area (Å²) in [5.41, 5.74) is 0.718. The fraction of sp³-hybridized carbons (Fsp3) is 0.500. The fourth-order valence-electron chi connectivity index (χ4n) is 1.58. The van der Waals surface area contributed by atoms with Gasteiger partial charge in [0, 0.05) is 23.3 Å². The standard InChI is InChI=1S/C14H22O6.C10H14O5/c1-11(2)13(15)19-9-7-17-5-6-18-8-10-20-14(16)12(3)4;1-3-9(11)14-7-5-13-6-8-15-10(12)4-2/h1,3,5-10H2,2,4H3;3-4H,1-2,5-8H2. The second-order valence-corrected chi connectivity index (χ2v) is 6.41. The number of rotatable bonds is 19. The molecule has 0 fully saturated rings. The average molecular weight is 501 g/mol. The van der Waals surface area contributed by atoms with E-state index in [1.54, 1.807) is 13.8 Å². The lowest BCUT2D eigenvalue weighted by atomic mass is 10.4. The number of carbonyl (C=O) groups is 4.